The Bertz CT molecular complexity index is 1250. The van der Waals surface area contributed by atoms with Gasteiger partial charge in [0, 0.05) is 42.1 Å². The molecule has 8 nitrogen and oxygen atoms in total. The highest BCUT2D eigenvalue weighted by Gasteiger charge is 2.30. The summed E-state index contributed by atoms with van der Waals surface area (Å²) in [5, 5.41) is 15.1. The molecule has 202 valence electrons. The van der Waals surface area contributed by atoms with Gasteiger partial charge in [-0.3, -0.25) is 14.4 Å². The largest absolute Gasteiger partial charge is 0.480 e. The van der Waals surface area contributed by atoms with Crippen LogP contribution in [0.1, 0.15) is 28.8 Å². The van der Waals surface area contributed by atoms with E-state index in [9.17, 15) is 28.7 Å². The van der Waals surface area contributed by atoms with E-state index in [1.165, 1.54) is 36.0 Å². The van der Waals surface area contributed by atoms with Crippen molar-refractivity contribution in [3.8, 4) is 0 Å². The second kappa shape index (κ2) is 13.6. The number of piperidine rings is 1. The van der Waals surface area contributed by atoms with Crippen LogP contribution in [0.2, 0.25) is 10.0 Å². The molecule has 1 heterocycles. The molecule has 1 aliphatic heterocycles. The summed E-state index contributed by atoms with van der Waals surface area (Å²) in [5.41, 5.74) is 0.648. The zero-order chi connectivity index (χ0) is 27.8. The predicted molar refractivity (Wildman–Crippen MR) is 145 cm³/mol. The summed E-state index contributed by atoms with van der Waals surface area (Å²) >= 11 is 14.0. The van der Waals surface area contributed by atoms with E-state index in [1.54, 1.807) is 17.0 Å². The van der Waals surface area contributed by atoms with Crippen molar-refractivity contribution in [3.05, 3.63) is 69.5 Å². The van der Waals surface area contributed by atoms with Crippen LogP contribution in [0.25, 0.3) is 6.08 Å². The quantitative estimate of drug-likeness (QED) is 0.303. The lowest BCUT2D eigenvalue weighted by Gasteiger charge is -2.31. The maximum atomic E-state index is 13.3. The van der Waals surface area contributed by atoms with Gasteiger partial charge in [-0.15, -0.1) is 11.8 Å². The van der Waals surface area contributed by atoms with E-state index in [2.05, 4.69) is 10.6 Å². The van der Waals surface area contributed by atoms with Crippen LogP contribution in [0.15, 0.2) is 47.4 Å². The van der Waals surface area contributed by atoms with E-state index in [4.69, 9.17) is 23.2 Å². The van der Waals surface area contributed by atoms with E-state index < -0.39 is 35.6 Å². The maximum absolute atomic E-state index is 13.3. The van der Waals surface area contributed by atoms with Gasteiger partial charge in [0.25, 0.3) is 5.91 Å². The number of nitrogens with one attached hydrogen (secondary N) is 2. The lowest BCUT2D eigenvalue weighted by molar-refractivity contribution is -0.142. The number of halogens is 3. The molecule has 12 heteroatoms. The van der Waals surface area contributed by atoms with Crippen LogP contribution in [0, 0.1) is 11.7 Å². The Hall–Kier alpha value is -3.08. The van der Waals surface area contributed by atoms with Gasteiger partial charge >= 0.3 is 5.97 Å². The molecule has 0 radical (unpaired) electrons. The molecule has 0 saturated carbocycles. The average molecular weight is 582 g/mol. The van der Waals surface area contributed by atoms with Gasteiger partial charge in [0.05, 0.1) is 10.0 Å². The first-order chi connectivity index (χ1) is 18.1. The SMILES string of the molecule is CSc1ccc(C=CC(=O)N2CCC(C(=O)NC(CNC(=O)c3cccc(F)c3)C(=O)O)CC2)c(Cl)c1Cl. The number of benzene rings is 2. The topological polar surface area (TPSA) is 116 Å². The third kappa shape index (κ3) is 7.72. The van der Waals surface area contributed by atoms with Crippen molar-refractivity contribution in [2.45, 2.75) is 23.8 Å². The van der Waals surface area contributed by atoms with Crippen LogP contribution < -0.4 is 10.6 Å². The van der Waals surface area contributed by atoms with Crippen LogP contribution in [0.4, 0.5) is 4.39 Å². The summed E-state index contributed by atoms with van der Waals surface area (Å²) in [4.78, 5) is 51.6. The summed E-state index contributed by atoms with van der Waals surface area (Å²) in [6.45, 7) is 0.257. The molecule has 0 aromatic heterocycles. The van der Waals surface area contributed by atoms with Gasteiger partial charge < -0.3 is 20.6 Å². The van der Waals surface area contributed by atoms with Crippen molar-refractivity contribution >= 4 is 64.7 Å². The number of carboxylic acid groups (broad SMARTS) is 1. The van der Waals surface area contributed by atoms with Crippen LogP contribution in [-0.4, -0.2) is 65.6 Å². The highest BCUT2D eigenvalue weighted by Crippen LogP contribution is 2.35. The average Bonchev–Trinajstić information content (AvgIpc) is 2.91. The minimum absolute atomic E-state index is 0.0360. The fourth-order valence-electron chi connectivity index (χ4n) is 3.88. The molecule has 2 aromatic rings. The third-order valence-electron chi connectivity index (χ3n) is 6.05. The summed E-state index contributed by atoms with van der Waals surface area (Å²) in [5.74, 6) is -3.78. The van der Waals surface area contributed by atoms with Crippen molar-refractivity contribution in [1.82, 2.24) is 15.5 Å². The Morgan fingerprint density at radius 2 is 1.87 bits per heavy atom. The molecule has 3 amide bonds. The normalized spacial score (nSPS) is 14.8. The molecule has 2 aromatic carbocycles. The number of carbonyl (C=O) groups excluding carboxylic acids is 3. The number of hydrogen-bond acceptors (Lipinski definition) is 5. The van der Waals surface area contributed by atoms with Gasteiger partial charge in [0.1, 0.15) is 11.9 Å². The highest BCUT2D eigenvalue weighted by atomic mass is 35.5. The van der Waals surface area contributed by atoms with E-state index >= 15 is 0 Å². The van der Waals surface area contributed by atoms with E-state index in [-0.39, 0.29) is 18.0 Å². The van der Waals surface area contributed by atoms with E-state index in [1.807, 2.05) is 12.3 Å². The molecule has 1 unspecified atom stereocenters. The molecule has 0 bridgehead atoms. The van der Waals surface area contributed by atoms with Crippen LogP contribution in [-0.2, 0) is 14.4 Å². The first kappa shape index (κ1) is 29.5. The molecule has 0 aliphatic carbocycles. The van der Waals surface area contributed by atoms with Crippen molar-refractivity contribution in [3.63, 3.8) is 0 Å². The Balaban J connectivity index is 1.50. The number of likely N-dealkylation sites (tertiary alicyclic amines) is 1. The van der Waals surface area contributed by atoms with Gasteiger partial charge in [-0.25, -0.2) is 9.18 Å². The fraction of sp³-hybridized carbons (Fsp3) is 0.308. The van der Waals surface area contributed by atoms with Crippen molar-refractivity contribution in [2.75, 3.05) is 25.9 Å². The number of carboxylic acids is 1. The summed E-state index contributed by atoms with van der Waals surface area (Å²) < 4.78 is 13.3. The summed E-state index contributed by atoms with van der Waals surface area (Å²) in [6, 6.07) is 7.20. The van der Waals surface area contributed by atoms with Gasteiger partial charge in [0.15, 0.2) is 0 Å². The molecule has 1 fully saturated rings. The van der Waals surface area contributed by atoms with Gasteiger partial charge in [-0.05, 0) is 55.0 Å². The summed E-state index contributed by atoms with van der Waals surface area (Å²) in [7, 11) is 0. The molecule has 0 spiro atoms. The third-order valence-corrected chi connectivity index (χ3v) is 7.84. The zero-order valence-corrected chi connectivity index (χ0v) is 22.7. The van der Waals surface area contributed by atoms with Crippen molar-refractivity contribution in [1.29, 1.82) is 0 Å². The molecule has 3 N–H and O–H groups in total. The molecule has 1 atom stereocenters. The molecule has 3 rings (SSSR count). The number of thioether (sulfide) groups is 1. The number of hydrogen-bond donors (Lipinski definition) is 3. The summed E-state index contributed by atoms with van der Waals surface area (Å²) in [6.07, 6.45) is 5.58. The molecule has 38 heavy (non-hydrogen) atoms. The number of amides is 3. The number of aliphatic carboxylic acids is 1. The van der Waals surface area contributed by atoms with Gasteiger partial charge in [0.2, 0.25) is 11.8 Å². The fourth-order valence-corrected chi connectivity index (χ4v) is 5.05. The number of rotatable bonds is 9. The van der Waals surface area contributed by atoms with Crippen molar-refractivity contribution in [2.24, 2.45) is 5.92 Å². The van der Waals surface area contributed by atoms with Gasteiger partial charge in [-0.1, -0.05) is 35.3 Å². The Morgan fingerprint density at radius 1 is 1.16 bits per heavy atom. The molecular weight excluding hydrogens is 556 g/mol. The van der Waals surface area contributed by atoms with Gasteiger partial charge in [-0.2, -0.15) is 0 Å². The minimum Gasteiger partial charge on any atom is -0.480 e. The van der Waals surface area contributed by atoms with Crippen LogP contribution >= 0.6 is 35.0 Å². The van der Waals surface area contributed by atoms with E-state index in [0.29, 0.717) is 41.5 Å². The lowest BCUT2D eigenvalue weighted by Crippen LogP contribution is -2.51. The molecule has 1 aliphatic rings. The first-order valence-electron chi connectivity index (χ1n) is 11.7. The monoisotopic (exact) mass is 581 g/mol. The number of nitrogens with zero attached hydrogens (tertiary/aromatic N) is 1. The highest BCUT2D eigenvalue weighted by molar-refractivity contribution is 7.98. The maximum Gasteiger partial charge on any atom is 0.328 e. The second-order valence-corrected chi connectivity index (χ2v) is 10.1. The van der Waals surface area contributed by atoms with E-state index in [0.717, 1.165) is 11.0 Å². The second-order valence-electron chi connectivity index (χ2n) is 8.54. The number of carbonyl (C=O) groups is 4. The Morgan fingerprint density at radius 3 is 2.50 bits per heavy atom. The van der Waals surface area contributed by atoms with Crippen molar-refractivity contribution < 1.29 is 28.7 Å². The molecule has 1 saturated heterocycles. The predicted octanol–water partition coefficient (Wildman–Crippen LogP) is 4.11. The standard InChI is InChI=1S/C26H26Cl2FN3O5S/c1-38-20-7-5-15(22(27)23(20)28)6-8-21(33)32-11-9-16(10-12-32)25(35)31-19(26(36)37)14-30-24(34)17-3-2-4-18(29)13-17/h2-8,13,16,19H,9-12,14H2,1H3,(H,30,34)(H,31,35)(H,36,37). The molecular formula is C26H26Cl2FN3O5S. The zero-order valence-electron chi connectivity index (χ0n) is 20.4. The Kier molecular flexibility index (Phi) is 10.6. The Labute approximate surface area is 233 Å². The van der Waals surface area contributed by atoms with Crippen LogP contribution in [0.5, 0.6) is 0 Å². The smallest absolute Gasteiger partial charge is 0.328 e. The van der Waals surface area contributed by atoms with Crippen LogP contribution in [0.3, 0.4) is 0 Å². The first-order valence-corrected chi connectivity index (χ1v) is 13.6. The minimum atomic E-state index is -1.36. The lowest BCUT2D eigenvalue weighted by atomic mass is 9.95.